The van der Waals surface area contributed by atoms with Crippen molar-refractivity contribution in [2.45, 2.75) is 0 Å². The molecule has 2 N–H and O–H groups in total. The molecule has 1 aromatic rings. The van der Waals surface area contributed by atoms with Gasteiger partial charge in [-0.15, -0.1) is 11.8 Å². The van der Waals surface area contributed by atoms with Crippen molar-refractivity contribution >= 4 is 52.5 Å². The first-order valence-corrected chi connectivity index (χ1v) is 6.44. The molecule has 0 aliphatic heterocycles. The maximum Gasteiger partial charge on any atom is 0.313 e. The summed E-state index contributed by atoms with van der Waals surface area (Å²) in [6.07, 6.45) is 0. The molecule has 0 heterocycles. The van der Waals surface area contributed by atoms with Gasteiger partial charge in [-0.05, 0) is 18.2 Å². The van der Waals surface area contributed by atoms with Crippen LogP contribution in [0.2, 0.25) is 10.0 Å². The topological polar surface area (TPSA) is 66.4 Å². The summed E-state index contributed by atoms with van der Waals surface area (Å²) in [4.78, 5) is 21.6. The number of hydrogen-bond acceptors (Lipinski definition) is 3. The van der Waals surface area contributed by atoms with Gasteiger partial charge in [-0.2, -0.15) is 0 Å². The third kappa shape index (κ3) is 5.30. The average molecular weight is 294 g/mol. The fourth-order valence-corrected chi connectivity index (χ4v) is 1.83. The molecule has 0 atom stereocenters. The average Bonchev–Trinajstić information content (AvgIpc) is 2.23. The molecule has 1 aromatic carbocycles. The Balaban J connectivity index is 2.45. The summed E-state index contributed by atoms with van der Waals surface area (Å²) in [6, 6.07) is 4.72. The highest BCUT2D eigenvalue weighted by molar-refractivity contribution is 8.00. The van der Waals surface area contributed by atoms with Crippen LogP contribution in [0.5, 0.6) is 0 Å². The molecule has 0 aromatic heterocycles. The van der Waals surface area contributed by atoms with Crippen LogP contribution in [-0.4, -0.2) is 28.5 Å². The van der Waals surface area contributed by atoms with E-state index >= 15 is 0 Å². The van der Waals surface area contributed by atoms with E-state index in [9.17, 15) is 9.59 Å². The van der Waals surface area contributed by atoms with Gasteiger partial charge in [0.05, 0.1) is 21.6 Å². The molecular weight excluding hydrogens is 285 g/mol. The third-order valence-electron chi connectivity index (χ3n) is 1.66. The van der Waals surface area contributed by atoms with Crippen LogP contribution >= 0.6 is 35.0 Å². The lowest BCUT2D eigenvalue weighted by atomic mass is 10.3. The van der Waals surface area contributed by atoms with Crippen molar-refractivity contribution in [3.63, 3.8) is 0 Å². The van der Waals surface area contributed by atoms with Crippen LogP contribution in [-0.2, 0) is 9.59 Å². The zero-order chi connectivity index (χ0) is 12.8. The van der Waals surface area contributed by atoms with Gasteiger partial charge in [0.1, 0.15) is 0 Å². The largest absolute Gasteiger partial charge is 0.481 e. The van der Waals surface area contributed by atoms with Crippen LogP contribution in [0.3, 0.4) is 0 Å². The van der Waals surface area contributed by atoms with E-state index in [1.807, 2.05) is 0 Å². The Morgan fingerprint density at radius 1 is 1.24 bits per heavy atom. The van der Waals surface area contributed by atoms with E-state index in [0.717, 1.165) is 11.8 Å². The Labute approximate surface area is 112 Å². The van der Waals surface area contributed by atoms with Crippen LogP contribution in [0.1, 0.15) is 0 Å². The Bertz CT molecular complexity index is 440. The molecule has 0 unspecified atom stereocenters. The fraction of sp³-hybridized carbons (Fsp3) is 0.200. The van der Waals surface area contributed by atoms with E-state index in [-0.39, 0.29) is 17.4 Å². The van der Waals surface area contributed by atoms with Gasteiger partial charge in [-0.3, -0.25) is 9.59 Å². The zero-order valence-electron chi connectivity index (χ0n) is 8.57. The van der Waals surface area contributed by atoms with Crippen molar-refractivity contribution in [2.75, 3.05) is 16.8 Å². The predicted molar refractivity (Wildman–Crippen MR) is 70.1 cm³/mol. The standard InChI is InChI=1S/C10H9Cl2NO3S/c11-7-2-1-6(3-8(7)12)13-9(14)4-17-5-10(15)16/h1-3H,4-5H2,(H,13,14)(H,15,16). The van der Waals surface area contributed by atoms with E-state index in [0.29, 0.717) is 15.7 Å². The molecule has 0 aliphatic rings. The van der Waals surface area contributed by atoms with E-state index in [4.69, 9.17) is 28.3 Å². The first-order chi connectivity index (χ1) is 7.99. The molecule has 0 saturated heterocycles. The number of anilines is 1. The van der Waals surface area contributed by atoms with E-state index in [2.05, 4.69) is 5.32 Å². The number of carbonyl (C=O) groups excluding carboxylic acids is 1. The van der Waals surface area contributed by atoms with Crippen LogP contribution in [0, 0.1) is 0 Å². The van der Waals surface area contributed by atoms with Crippen molar-refractivity contribution in [1.82, 2.24) is 0 Å². The van der Waals surface area contributed by atoms with Crippen molar-refractivity contribution in [1.29, 1.82) is 0 Å². The Kier molecular flexibility index (Phi) is 5.61. The minimum atomic E-state index is -0.947. The van der Waals surface area contributed by atoms with Crippen molar-refractivity contribution in [2.24, 2.45) is 0 Å². The lowest BCUT2D eigenvalue weighted by Crippen LogP contribution is -2.15. The predicted octanol–water partition coefficient (Wildman–Crippen LogP) is 2.75. The Morgan fingerprint density at radius 3 is 2.53 bits per heavy atom. The first kappa shape index (κ1) is 14.2. The lowest BCUT2D eigenvalue weighted by molar-refractivity contribution is -0.133. The highest BCUT2D eigenvalue weighted by Crippen LogP contribution is 2.25. The molecule has 92 valence electrons. The minimum Gasteiger partial charge on any atom is -0.481 e. The number of carbonyl (C=O) groups is 2. The van der Waals surface area contributed by atoms with Crippen LogP contribution in [0.15, 0.2) is 18.2 Å². The Morgan fingerprint density at radius 2 is 1.94 bits per heavy atom. The quantitative estimate of drug-likeness (QED) is 0.876. The minimum absolute atomic E-state index is 0.0759. The number of thioether (sulfide) groups is 1. The number of halogens is 2. The SMILES string of the molecule is O=C(O)CSCC(=O)Nc1ccc(Cl)c(Cl)c1. The maximum absolute atomic E-state index is 11.4. The number of rotatable bonds is 5. The van der Waals surface area contributed by atoms with E-state index in [1.54, 1.807) is 12.1 Å². The molecule has 0 bridgehead atoms. The number of nitrogens with one attached hydrogen (secondary N) is 1. The highest BCUT2D eigenvalue weighted by atomic mass is 35.5. The highest BCUT2D eigenvalue weighted by Gasteiger charge is 2.06. The molecule has 17 heavy (non-hydrogen) atoms. The van der Waals surface area contributed by atoms with Gasteiger partial charge in [-0.25, -0.2) is 0 Å². The van der Waals surface area contributed by atoms with Gasteiger partial charge in [0.15, 0.2) is 0 Å². The molecule has 0 radical (unpaired) electrons. The molecular formula is C10H9Cl2NO3S. The van der Waals surface area contributed by atoms with Gasteiger partial charge in [-0.1, -0.05) is 23.2 Å². The summed E-state index contributed by atoms with van der Waals surface area (Å²) < 4.78 is 0. The molecule has 0 fully saturated rings. The van der Waals surface area contributed by atoms with Crippen LogP contribution < -0.4 is 5.32 Å². The molecule has 0 aliphatic carbocycles. The monoisotopic (exact) mass is 293 g/mol. The summed E-state index contributed by atoms with van der Waals surface area (Å²) in [6.45, 7) is 0. The van der Waals surface area contributed by atoms with E-state index in [1.165, 1.54) is 6.07 Å². The Hall–Kier alpha value is -0.910. The molecule has 1 amide bonds. The number of amides is 1. The van der Waals surface area contributed by atoms with Crippen molar-refractivity contribution in [3.8, 4) is 0 Å². The number of carboxylic acid groups (broad SMARTS) is 1. The number of hydrogen-bond donors (Lipinski definition) is 2. The third-order valence-corrected chi connectivity index (χ3v) is 3.32. The van der Waals surface area contributed by atoms with Crippen LogP contribution in [0.25, 0.3) is 0 Å². The fourth-order valence-electron chi connectivity index (χ4n) is 1.00. The van der Waals surface area contributed by atoms with Gasteiger partial charge in [0.2, 0.25) is 5.91 Å². The summed E-state index contributed by atoms with van der Waals surface area (Å²) in [7, 11) is 0. The molecule has 0 saturated carbocycles. The summed E-state index contributed by atoms with van der Waals surface area (Å²) in [5.41, 5.74) is 0.528. The molecule has 4 nitrogen and oxygen atoms in total. The molecule has 1 rings (SSSR count). The number of aliphatic carboxylic acids is 1. The number of carboxylic acids is 1. The van der Waals surface area contributed by atoms with E-state index < -0.39 is 5.97 Å². The summed E-state index contributed by atoms with van der Waals surface area (Å²) in [5, 5.41) is 11.7. The second-order valence-electron chi connectivity index (χ2n) is 3.06. The number of benzene rings is 1. The van der Waals surface area contributed by atoms with Crippen molar-refractivity contribution < 1.29 is 14.7 Å². The normalized spacial score (nSPS) is 10.0. The summed E-state index contributed by atoms with van der Waals surface area (Å²) >= 11 is 12.5. The summed E-state index contributed by atoms with van der Waals surface area (Å²) in [5.74, 6) is -1.26. The van der Waals surface area contributed by atoms with Gasteiger partial charge >= 0.3 is 5.97 Å². The first-order valence-electron chi connectivity index (χ1n) is 4.53. The van der Waals surface area contributed by atoms with Gasteiger partial charge < -0.3 is 10.4 Å². The molecule has 7 heteroatoms. The van der Waals surface area contributed by atoms with Crippen molar-refractivity contribution in [3.05, 3.63) is 28.2 Å². The smallest absolute Gasteiger partial charge is 0.313 e. The van der Waals surface area contributed by atoms with Gasteiger partial charge in [0.25, 0.3) is 0 Å². The lowest BCUT2D eigenvalue weighted by Gasteiger charge is -2.05. The second kappa shape index (κ2) is 6.74. The molecule has 0 spiro atoms. The zero-order valence-corrected chi connectivity index (χ0v) is 10.9. The second-order valence-corrected chi connectivity index (χ2v) is 4.86. The van der Waals surface area contributed by atoms with Crippen LogP contribution in [0.4, 0.5) is 5.69 Å². The maximum atomic E-state index is 11.4. The van der Waals surface area contributed by atoms with Gasteiger partial charge in [0, 0.05) is 5.69 Å².